The van der Waals surface area contributed by atoms with Crippen molar-refractivity contribution in [3.05, 3.63) is 41.9 Å². The first kappa shape index (κ1) is 16.8. The second-order valence-corrected chi connectivity index (χ2v) is 5.95. The van der Waals surface area contributed by atoms with E-state index in [1.807, 2.05) is 24.3 Å². The lowest BCUT2D eigenvalue weighted by molar-refractivity contribution is 0.415. The number of nitrogens with one attached hydrogen (secondary N) is 3. The molecule has 2 aromatic heterocycles. The van der Waals surface area contributed by atoms with Gasteiger partial charge in [0.25, 0.3) is 0 Å². The molecule has 2 heterocycles. The fourth-order valence-electron chi connectivity index (χ4n) is 2.60. The van der Waals surface area contributed by atoms with Crippen LogP contribution in [0.1, 0.15) is 31.5 Å². The van der Waals surface area contributed by atoms with Gasteiger partial charge in [0.1, 0.15) is 23.7 Å². The predicted octanol–water partition coefficient (Wildman–Crippen LogP) is 3.18. The lowest BCUT2D eigenvalue weighted by Gasteiger charge is -2.16. The van der Waals surface area contributed by atoms with Gasteiger partial charge in [0, 0.05) is 16.9 Å². The molecule has 0 spiro atoms. The first-order valence-electron chi connectivity index (χ1n) is 8.16. The number of anilines is 2. The zero-order valence-electron chi connectivity index (χ0n) is 14.6. The summed E-state index contributed by atoms with van der Waals surface area (Å²) in [5.41, 5.74) is 8.37. The molecular formula is C18H22N6O. The maximum Gasteiger partial charge on any atom is 0.141 e. The van der Waals surface area contributed by atoms with Gasteiger partial charge in [-0.1, -0.05) is 6.92 Å². The molecule has 7 heteroatoms. The van der Waals surface area contributed by atoms with E-state index in [-0.39, 0.29) is 17.6 Å². The van der Waals surface area contributed by atoms with Crippen molar-refractivity contribution in [2.75, 3.05) is 18.2 Å². The largest absolute Gasteiger partial charge is 0.497 e. The smallest absolute Gasteiger partial charge is 0.141 e. The molecule has 0 aliphatic heterocycles. The summed E-state index contributed by atoms with van der Waals surface area (Å²) in [5.74, 6) is 1.62. The first-order valence-corrected chi connectivity index (χ1v) is 8.16. The van der Waals surface area contributed by atoms with Crippen LogP contribution in [-0.4, -0.2) is 33.8 Å². The van der Waals surface area contributed by atoms with Gasteiger partial charge in [-0.25, -0.2) is 9.97 Å². The average molecular weight is 338 g/mol. The molecule has 0 saturated heterocycles. The number of hydrogen-bond donors (Lipinski definition) is 4. The van der Waals surface area contributed by atoms with Crippen molar-refractivity contribution in [2.45, 2.75) is 26.3 Å². The molecule has 7 nitrogen and oxygen atoms in total. The Morgan fingerprint density at radius 1 is 1.36 bits per heavy atom. The lowest BCUT2D eigenvalue weighted by atomic mass is 10.1. The van der Waals surface area contributed by atoms with Crippen LogP contribution in [0.4, 0.5) is 11.6 Å². The van der Waals surface area contributed by atoms with Crippen LogP contribution in [0, 0.1) is 5.41 Å². The van der Waals surface area contributed by atoms with Gasteiger partial charge in [-0.3, -0.25) is 5.41 Å². The zero-order chi connectivity index (χ0) is 18.0. The summed E-state index contributed by atoms with van der Waals surface area (Å²) in [5, 5.41) is 12.9. The van der Waals surface area contributed by atoms with Crippen LogP contribution in [-0.2, 0) is 0 Å². The zero-order valence-corrected chi connectivity index (χ0v) is 14.6. The van der Waals surface area contributed by atoms with E-state index in [2.05, 4.69) is 34.1 Å². The maximum absolute atomic E-state index is 8.62. The molecular weight excluding hydrogens is 316 g/mol. The minimum absolute atomic E-state index is 0.216. The quantitative estimate of drug-likeness (QED) is 0.516. The molecule has 1 atom stereocenters. The molecule has 3 rings (SSSR count). The van der Waals surface area contributed by atoms with Gasteiger partial charge in [-0.05, 0) is 37.6 Å². The Labute approximate surface area is 146 Å². The maximum atomic E-state index is 8.62. The highest BCUT2D eigenvalue weighted by Gasteiger charge is 2.18. The third kappa shape index (κ3) is 3.26. The molecule has 0 bridgehead atoms. The molecule has 0 amide bonds. The van der Waals surface area contributed by atoms with Gasteiger partial charge in [0.2, 0.25) is 0 Å². The highest BCUT2D eigenvalue weighted by atomic mass is 16.5. The number of nitrogens with two attached hydrogens (primary N) is 1. The third-order valence-corrected chi connectivity index (χ3v) is 4.22. The topological polar surface area (TPSA) is 113 Å². The molecule has 1 aromatic carbocycles. The normalized spacial score (nSPS) is 12.1. The van der Waals surface area contributed by atoms with Crippen LogP contribution < -0.4 is 15.8 Å². The Hall–Kier alpha value is -3.09. The fourth-order valence-corrected chi connectivity index (χ4v) is 2.60. The van der Waals surface area contributed by atoms with Crippen molar-refractivity contribution in [3.63, 3.8) is 0 Å². The summed E-state index contributed by atoms with van der Waals surface area (Å²) in [6.07, 6.45) is 2.34. The van der Waals surface area contributed by atoms with Crippen molar-refractivity contribution in [1.29, 1.82) is 5.41 Å². The molecule has 0 fully saturated rings. The average Bonchev–Trinajstić information content (AvgIpc) is 3.04. The van der Waals surface area contributed by atoms with Crippen molar-refractivity contribution < 1.29 is 4.74 Å². The van der Waals surface area contributed by atoms with Crippen molar-refractivity contribution in [3.8, 4) is 5.75 Å². The number of methoxy groups -OCH3 is 1. The minimum atomic E-state index is 0.216. The van der Waals surface area contributed by atoms with Crippen LogP contribution in [0.15, 0.2) is 30.6 Å². The van der Waals surface area contributed by atoms with E-state index < -0.39 is 0 Å². The fraction of sp³-hybridized carbons (Fsp3) is 0.278. The summed E-state index contributed by atoms with van der Waals surface area (Å²) >= 11 is 0. The third-order valence-electron chi connectivity index (χ3n) is 4.22. The van der Waals surface area contributed by atoms with Gasteiger partial charge < -0.3 is 20.8 Å². The molecule has 3 aromatic rings. The van der Waals surface area contributed by atoms with Gasteiger partial charge in [-0.15, -0.1) is 0 Å². The molecule has 1 unspecified atom stereocenters. The number of nitrogen functional groups attached to an aromatic ring is 1. The van der Waals surface area contributed by atoms with E-state index in [9.17, 15) is 0 Å². The molecule has 5 N–H and O–H groups in total. The van der Waals surface area contributed by atoms with E-state index in [0.29, 0.717) is 17.1 Å². The van der Waals surface area contributed by atoms with Gasteiger partial charge in [-0.2, -0.15) is 0 Å². The Morgan fingerprint density at radius 3 is 2.88 bits per heavy atom. The minimum Gasteiger partial charge on any atom is -0.497 e. The van der Waals surface area contributed by atoms with Crippen LogP contribution in [0.5, 0.6) is 5.75 Å². The van der Waals surface area contributed by atoms with Gasteiger partial charge in [0.15, 0.2) is 0 Å². The summed E-state index contributed by atoms with van der Waals surface area (Å²) < 4.78 is 5.25. The lowest BCUT2D eigenvalue weighted by Crippen LogP contribution is -2.19. The van der Waals surface area contributed by atoms with Crippen molar-refractivity contribution >= 4 is 28.3 Å². The van der Waals surface area contributed by atoms with E-state index in [1.165, 1.54) is 6.33 Å². The monoisotopic (exact) mass is 338 g/mol. The van der Waals surface area contributed by atoms with Crippen molar-refractivity contribution in [2.24, 2.45) is 0 Å². The van der Waals surface area contributed by atoms with E-state index in [1.54, 1.807) is 7.11 Å². The number of aromatic nitrogens is 3. The highest BCUT2D eigenvalue weighted by Crippen LogP contribution is 2.26. The Balaban J connectivity index is 2.03. The molecule has 25 heavy (non-hydrogen) atoms. The van der Waals surface area contributed by atoms with Crippen LogP contribution in [0.25, 0.3) is 10.9 Å². The van der Waals surface area contributed by atoms with E-state index >= 15 is 0 Å². The number of aromatic amines is 1. The Kier molecular flexibility index (Phi) is 4.56. The number of hydrogen-bond acceptors (Lipinski definition) is 6. The van der Waals surface area contributed by atoms with E-state index in [0.717, 1.165) is 23.1 Å². The standard InChI is InChI=1S/C18H22N6O/c1-4-10(2)23-18-15(17(20)21-9-22-18)16(19)14-8-11-7-12(25-3)5-6-13(11)24-14/h5-10,19,24H,4H2,1-3H3,(H3,20,21,22,23). The Bertz CT molecular complexity index is 917. The van der Waals surface area contributed by atoms with Gasteiger partial charge >= 0.3 is 0 Å². The number of ether oxygens (including phenoxy) is 1. The van der Waals surface area contributed by atoms with Gasteiger partial charge in [0.05, 0.1) is 24.1 Å². The highest BCUT2D eigenvalue weighted by molar-refractivity contribution is 6.16. The molecule has 0 aliphatic rings. The summed E-state index contributed by atoms with van der Waals surface area (Å²) in [6.45, 7) is 4.14. The molecule has 0 radical (unpaired) electrons. The second-order valence-electron chi connectivity index (χ2n) is 5.95. The predicted molar refractivity (Wildman–Crippen MR) is 101 cm³/mol. The number of nitrogens with zero attached hydrogens (tertiary/aromatic N) is 2. The van der Waals surface area contributed by atoms with Crippen molar-refractivity contribution in [1.82, 2.24) is 15.0 Å². The van der Waals surface area contributed by atoms with Crippen LogP contribution in [0.2, 0.25) is 0 Å². The van der Waals surface area contributed by atoms with Crippen LogP contribution in [0.3, 0.4) is 0 Å². The number of H-pyrrole nitrogens is 1. The molecule has 0 saturated carbocycles. The first-order chi connectivity index (χ1) is 12.0. The second kappa shape index (κ2) is 6.80. The van der Waals surface area contributed by atoms with E-state index in [4.69, 9.17) is 15.9 Å². The summed E-state index contributed by atoms with van der Waals surface area (Å²) in [4.78, 5) is 11.6. The number of rotatable bonds is 6. The SMILES string of the molecule is CCC(C)Nc1ncnc(N)c1C(=N)c1cc2cc(OC)ccc2[nH]1. The summed E-state index contributed by atoms with van der Waals surface area (Å²) in [6, 6.07) is 7.84. The molecule has 0 aliphatic carbocycles. The summed E-state index contributed by atoms with van der Waals surface area (Å²) in [7, 11) is 1.63. The number of fused-ring (bicyclic) bond motifs is 1. The number of benzene rings is 1. The molecule has 130 valence electrons. The Morgan fingerprint density at radius 2 is 2.16 bits per heavy atom. The van der Waals surface area contributed by atoms with Crippen LogP contribution >= 0.6 is 0 Å².